The van der Waals surface area contributed by atoms with E-state index < -0.39 is 5.41 Å². The van der Waals surface area contributed by atoms with Crippen molar-refractivity contribution in [1.29, 1.82) is 0 Å². The SMILES string of the molecule is CPC(=O)OCC(c1ccccc1)(c1ccccc1)c1ccccc1.Cl. The van der Waals surface area contributed by atoms with Crippen molar-refractivity contribution in [3.8, 4) is 0 Å². The van der Waals surface area contributed by atoms with Gasteiger partial charge in [0.1, 0.15) is 6.61 Å². The normalized spacial score (nSPS) is 11.1. The zero-order valence-electron chi connectivity index (χ0n) is 14.6. The van der Waals surface area contributed by atoms with Gasteiger partial charge in [0.2, 0.25) is 0 Å². The lowest BCUT2D eigenvalue weighted by Crippen LogP contribution is -2.35. The van der Waals surface area contributed by atoms with Crippen LogP contribution in [0.1, 0.15) is 16.7 Å². The monoisotopic (exact) mass is 384 g/mol. The molecule has 0 aliphatic rings. The molecule has 0 bridgehead atoms. The van der Waals surface area contributed by atoms with Crippen molar-refractivity contribution in [2.45, 2.75) is 5.41 Å². The topological polar surface area (TPSA) is 26.3 Å². The van der Waals surface area contributed by atoms with E-state index in [1.807, 2.05) is 61.3 Å². The van der Waals surface area contributed by atoms with Gasteiger partial charge in [0.05, 0.1) is 5.41 Å². The van der Waals surface area contributed by atoms with Gasteiger partial charge in [0.25, 0.3) is 0 Å². The molecule has 0 aliphatic heterocycles. The number of hydrogen-bond acceptors (Lipinski definition) is 2. The third kappa shape index (κ3) is 4.15. The summed E-state index contributed by atoms with van der Waals surface area (Å²) in [5, 5.41) is 0. The zero-order valence-corrected chi connectivity index (χ0v) is 16.4. The van der Waals surface area contributed by atoms with Crippen LogP contribution < -0.4 is 0 Å². The smallest absolute Gasteiger partial charge is 0.322 e. The maximum absolute atomic E-state index is 11.9. The largest absolute Gasteiger partial charge is 0.461 e. The first-order valence-corrected chi connectivity index (χ1v) is 9.78. The Morgan fingerprint density at radius 3 is 1.42 bits per heavy atom. The highest BCUT2D eigenvalue weighted by molar-refractivity contribution is 7.56. The number of benzene rings is 3. The molecule has 0 heterocycles. The van der Waals surface area contributed by atoms with Gasteiger partial charge in [0.15, 0.2) is 0 Å². The molecule has 4 heteroatoms. The number of rotatable bonds is 6. The van der Waals surface area contributed by atoms with Crippen LogP contribution in [-0.4, -0.2) is 19.0 Å². The Bertz CT molecular complexity index is 711. The van der Waals surface area contributed by atoms with Gasteiger partial charge in [-0.3, -0.25) is 0 Å². The number of ether oxygens (including phenoxy) is 1. The van der Waals surface area contributed by atoms with Gasteiger partial charge < -0.3 is 4.74 Å². The third-order valence-corrected chi connectivity index (χ3v) is 4.98. The predicted molar refractivity (Wildman–Crippen MR) is 112 cm³/mol. The fourth-order valence-electron chi connectivity index (χ4n) is 3.16. The maximum Gasteiger partial charge on any atom is 0.322 e. The molecule has 26 heavy (non-hydrogen) atoms. The molecule has 0 saturated carbocycles. The van der Waals surface area contributed by atoms with E-state index in [2.05, 4.69) is 36.4 Å². The first kappa shape index (κ1) is 20.2. The molecule has 0 aromatic heterocycles. The number of hydrogen-bond donors (Lipinski definition) is 0. The Kier molecular flexibility index (Phi) is 7.38. The van der Waals surface area contributed by atoms with Gasteiger partial charge in [-0.05, 0) is 31.9 Å². The third-order valence-electron chi connectivity index (χ3n) is 4.42. The number of carbonyl (C=O) groups is 1. The molecule has 0 fully saturated rings. The zero-order chi connectivity index (χ0) is 17.5. The van der Waals surface area contributed by atoms with Crippen molar-refractivity contribution < 1.29 is 9.53 Å². The summed E-state index contributed by atoms with van der Waals surface area (Å²) in [7, 11) is 0.129. The quantitative estimate of drug-likeness (QED) is 0.391. The van der Waals surface area contributed by atoms with Crippen LogP contribution in [0.5, 0.6) is 0 Å². The molecule has 134 valence electrons. The van der Waals surface area contributed by atoms with Crippen molar-refractivity contribution in [2.24, 2.45) is 0 Å². The molecule has 3 aromatic rings. The standard InChI is InChI=1S/C22H21O2P.ClH/c1-25-21(23)24-17-22(18-11-5-2-6-12-18,19-13-7-3-8-14-19)20-15-9-4-10-16-20;/h2-16,25H,17H2,1H3;1H. The van der Waals surface area contributed by atoms with Crippen LogP contribution in [0.15, 0.2) is 91.0 Å². The fraction of sp³-hybridized carbons (Fsp3) is 0.136. The summed E-state index contributed by atoms with van der Waals surface area (Å²) in [6.07, 6.45) is 0. The molecular weight excluding hydrogens is 363 g/mol. The fourth-order valence-corrected chi connectivity index (χ4v) is 3.38. The van der Waals surface area contributed by atoms with E-state index in [9.17, 15) is 4.79 Å². The summed E-state index contributed by atoms with van der Waals surface area (Å²) in [5.41, 5.74) is 2.64. The summed E-state index contributed by atoms with van der Waals surface area (Å²) in [5.74, 6) is 0. The molecule has 1 unspecified atom stereocenters. The van der Waals surface area contributed by atoms with Gasteiger partial charge in [0, 0.05) is 0 Å². The van der Waals surface area contributed by atoms with Gasteiger partial charge in [-0.25, -0.2) is 4.79 Å². The van der Waals surface area contributed by atoms with Crippen LogP contribution >= 0.6 is 21.0 Å². The van der Waals surface area contributed by atoms with E-state index in [4.69, 9.17) is 4.74 Å². The number of halogens is 1. The summed E-state index contributed by atoms with van der Waals surface area (Å²) >= 11 is 0. The molecule has 0 saturated heterocycles. The van der Waals surface area contributed by atoms with E-state index in [-0.39, 0.29) is 33.3 Å². The van der Waals surface area contributed by atoms with Crippen molar-refractivity contribution in [1.82, 2.24) is 0 Å². The molecule has 0 N–H and O–H groups in total. The average Bonchev–Trinajstić information content (AvgIpc) is 2.71. The van der Waals surface area contributed by atoms with E-state index in [1.54, 1.807) is 0 Å². The van der Waals surface area contributed by atoms with Crippen molar-refractivity contribution in [2.75, 3.05) is 13.3 Å². The molecule has 0 aliphatic carbocycles. The summed E-state index contributed by atoms with van der Waals surface area (Å²) in [6.45, 7) is 2.13. The second-order valence-corrected chi connectivity index (χ2v) is 6.74. The van der Waals surface area contributed by atoms with Crippen LogP contribution in [0.2, 0.25) is 0 Å². The van der Waals surface area contributed by atoms with Crippen LogP contribution in [0.3, 0.4) is 0 Å². The second kappa shape index (κ2) is 9.52. The van der Waals surface area contributed by atoms with E-state index >= 15 is 0 Å². The van der Waals surface area contributed by atoms with Crippen LogP contribution in [0.4, 0.5) is 4.79 Å². The highest BCUT2D eigenvalue weighted by Gasteiger charge is 2.37. The van der Waals surface area contributed by atoms with E-state index in [0.29, 0.717) is 0 Å². The highest BCUT2D eigenvalue weighted by Crippen LogP contribution is 2.39. The van der Waals surface area contributed by atoms with Gasteiger partial charge in [-0.15, -0.1) is 12.4 Å². The molecule has 0 spiro atoms. The van der Waals surface area contributed by atoms with E-state index in [1.165, 1.54) is 0 Å². The Morgan fingerprint density at radius 1 is 0.769 bits per heavy atom. The maximum atomic E-state index is 11.9. The first-order chi connectivity index (χ1) is 12.3. The summed E-state index contributed by atoms with van der Waals surface area (Å²) < 4.78 is 5.69. The van der Waals surface area contributed by atoms with Gasteiger partial charge >= 0.3 is 5.71 Å². The lowest BCUT2D eigenvalue weighted by atomic mass is 9.70. The Morgan fingerprint density at radius 2 is 1.12 bits per heavy atom. The second-order valence-electron chi connectivity index (χ2n) is 5.83. The molecule has 3 rings (SSSR count). The minimum atomic E-state index is -0.529. The predicted octanol–water partition coefficient (Wildman–Crippen LogP) is 5.89. The van der Waals surface area contributed by atoms with Gasteiger partial charge in [-0.1, -0.05) is 91.0 Å². The number of carbonyl (C=O) groups excluding carboxylic acids is 1. The van der Waals surface area contributed by atoms with Crippen molar-refractivity contribution in [3.63, 3.8) is 0 Å². The minimum absolute atomic E-state index is 0. The van der Waals surface area contributed by atoms with Crippen LogP contribution in [0.25, 0.3) is 0 Å². The Balaban J connectivity index is 0.00000243. The lowest BCUT2D eigenvalue weighted by Gasteiger charge is -2.35. The molecule has 2 nitrogen and oxygen atoms in total. The molecule has 0 radical (unpaired) electrons. The van der Waals surface area contributed by atoms with Crippen LogP contribution in [-0.2, 0) is 10.2 Å². The van der Waals surface area contributed by atoms with Crippen LogP contribution in [0, 0.1) is 0 Å². The summed E-state index contributed by atoms with van der Waals surface area (Å²) in [4.78, 5) is 11.9. The molecule has 0 amide bonds. The van der Waals surface area contributed by atoms with E-state index in [0.717, 1.165) is 16.7 Å². The Labute approximate surface area is 162 Å². The summed E-state index contributed by atoms with van der Waals surface area (Å²) in [6, 6.07) is 30.8. The first-order valence-electron chi connectivity index (χ1n) is 8.28. The lowest BCUT2D eigenvalue weighted by molar-refractivity contribution is 0.158. The Hall–Kier alpha value is -2.15. The average molecular weight is 385 g/mol. The highest BCUT2D eigenvalue weighted by atomic mass is 35.5. The van der Waals surface area contributed by atoms with Gasteiger partial charge in [-0.2, -0.15) is 0 Å². The molecule has 1 atom stereocenters. The molecule has 3 aromatic carbocycles. The van der Waals surface area contributed by atoms with Crippen molar-refractivity contribution in [3.05, 3.63) is 108 Å². The molecular formula is C22H22ClO2P. The van der Waals surface area contributed by atoms with Crippen molar-refractivity contribution >= 4 is 26.7 Å². The minimum Gasteiger partial charge on any atom is -0.461 e.